The van der Waals surface area contributed by atoms with Gasteiger partial charge in [-0.15, -0.1) is 0 Å². The van der Waals surface area contributed by atoms with Crippen molar-refractivity contribution < 1.29 is 42.9 Å². The number of allylic oxidation sites excluding steroid dienone is 6. The Morgan fingerprint density at radius 2 is 0.950 bits per heavy atom. The molecule has 9 nitrogen and oxygen atoms in total. The van der Waals surface area contributed by atoms with Crippen molar-refractivity contribution in [2.75, 3.05) is 47.5 Å². The fourth-order valence-electron chi connectivity index (χ4n) is 6.84. The predicted octanol–water partition coefficient (Wildman–Crippen LogP) is 12.1. The Balaban J connectivity index is 4.36. The fraction of sp³-hybridized carbons (Fsp3) is 0.824. The second-order valence-corrected chi connectivity index (χ2v) is 17.7. The third-order valence-electron chi connectivity index (χ3n) is 10.7. The van der Waals surface area contributed by atoms with Gasteiger partial charge in [0.15, 0.2) is 12.4 Å². The van der Waals surface area contributed by atoms with E-state index in [0.717, 1.165) is 64.2 Å². The van der Waals surface area contributed by atoms with Crippen LogP contribution in [0, 0.1) is 0 Å². The van der Waals surface area contributed by atoms with Gasteiger partial charge in [-0.3, -0.25) is 9.59 Å². The zero-order valence-electron chi connectivity index (χ0n) is 39.6. The minimum absolute atomic E-state index is 0.146. The Kier molecular flexibility index (Phi) is 41.4. The van der Waals surface area contributed by atoms with Gasteiger partial charge in [0.05, 0.1) is 40.3 Å². The van der Waals surface area contributed by atoms with Crippen LogP contribution in [0.2, 0.25) is 0 Å². The highest BCUT2D eigenvalue weighted by Gasteiger charge is 2.21. The summed E-state index contributed by atoms with van der Waals surface area (Å²) in [5.41, 5.74) is 0. The molecule has 2 atom stereocenters. The zero-order chi connectivity index (χ0) is 44.2. The van der Waals surface area contributed by atoms with Crippen LogP contribution in [0.3, 0.4) is 0 Å². The molecule has 2 unspecified atom stereocenters. The van der Waals surface area contributed by atoms with Gasteiger partial charge in [0.25, 0.3) is 0 Å². The summed E-state index contributed by atoms with van der Waals surface area (Å²) < 4.78 is 22.6. The number of carboxylic acids is 1. The standard InChI is InChI=1S/C51H93NO8/c1-6-8-10-12-14-16-18-20-22-24-26-27-29-31-33-35-37-39-41-48(53)58-45-47(46-59-51(50(55)56)57-44-43-52(3,4)5)60-49(54)42-40-38-36-34-32-30-28-25-23-21-19-17-15-13-11-9-7-2/h9,11,15,17,21,23,47,51H,6-8,10,12-14,16,18-20,22,24-46H2,1-5H3/b11-9-,17-15-,23-21-. The molecule has 0 aromatic rings. The molecule has 0 aromatic heterocycles. The van der Waals surface area contributed by atoms with Gasteiger partial charge in [-0.25, -0.2) is 0 Å². The molecule has 0 saturated carbocycles. The number of nitrogens with zero attached hydrogens (tertiary/aromatic N) is 1. The predicted molar refractivity (Wildman–Crippen MR) is 246 cm³/mol. The molecule has 0 aliphatic rings. The molecule has 0 fully saturated rings. The first-order chi connectivity index (χ1) is 29.1. The molecule has 0 bridgehead atoms. The average Bonchev–Trinajstić information content (AvgIpc) is 3.21. The van der Waals surface area contributed by atoms with Crippen LogP contribution in [0.15, 0.2) is 36.5 Å². The van der Waals surface area contributed by atoms with Crippen LogP contribution in [-0.4, -0.2) is 82.3 Å². The van der Waals surface area contributed by atoms with Crippen LogP contribution < -0.4 is 5.11 Å². The molecule has 350 valence electrons. The maximum absolute atomic E-state index is 12.8. The van der Waals surface area contributed by atoms with Gasteiger partial charge >= 0.3 is 11.9 Å². The van der Waals surface area contributed by atoms with Crippen molar-refractivity contribution in [2.24, 2.45) is 0 Å². The summed E-state index contributed by atoms with van der Waals surface area (Å²) in [4.78, 5) is 37.1. The van der Waals surface area contributed by atoms with Gasteiger partial charge in [0.1, 0.15) is 13.2 Å². The maximum atomic E-state index is 12.8. The van der Waals surface area contributed by atoms with E-state index in [1.165, 1.54) is 116 Å². The van der Waals surface area contributed by atoms with Crippen LogP contribution in [0.1, 0.15) is 213 Å². The molecule has 60 heavy (non-hydrogen) atoms. The van der Waals surface area contributed by atoms with Crippen LogP contribution in [-0.2, 0) is 33.3 Å². The first-order valence-electron chi connectivity index (χ1n) is 24.6. The summed E-state index contributed by atoms with van der Waals surface area (Å²) in [5, 5.41) is 11.7. The number of esters is 2. The summed E-state index contributed by atoms with van der Waals surface area (Å²) in [6.07, 6.45) is 46.0. The molecular formula is C51H93NO8. The van der Waals surface area contributed by atoms with Crippen LogP contribution in [0.25, 0.3) is 0 Å². The average molecular weight is 848 g/mol. The maximum Gasteiger partial charge on any atom is 0.306 e. The van der Waals surface area contributed by atoms with E-state index in [4.69, 9.17) is 18.9 Å². The van der Waals surface area contributed by atoms with Gasteiger partial charge < -0.3 is 33.3 Å². The number of hydrogen-bond acceptors (Lipinski definition) is 8. The normalized spacial score (nSPS) is 13.2. The summed E-state index contributed by atoms with van der Waals surface area (Å²) >= 11 is 0. The number of rotatable bonds is 45. The number of carbonyl (C=O) groups excluding carboxylic acids is 3. The number of aliphatic carboxylic acids is 1. The van der Waals surface area contributed by atoms with Gasteiger partial charge in [0.2, 0.25) is 0 Å². The van der Waals surface area contributed by atoms with Crippen LogP contribution >= 0.6 is 0 Å². The summed E-state index contributed by atoms with van der Waals surface area (Å²) in [6, 6.07) is 0. The lowest BCUT2D eigenvalue weighted by molar-refractivity contribution is -0.870. The molecule has 0 rings (SSSR count). The number of unbranched alkanes of at least 4 members (excludes halogenated alkanes) is 24. The fourth-order valence-corrected chi connectivity index (χ4v) is 6.84. The van der Waals surface area contributed by atoms with E-state index >= 15 is 0 Å². The molecule has 0 radical (unpaired) electrons. The molecule has 0 amide bonds. The molecule has 0 heterocycles. The number of carbonyl (C=O) groups is 3. The Morgan fingerprint density at radius 1 is 0.517 bits per heavy atom. The summed E-state index contributed by atoms with van der Waals surface area (Å²) in [5.74, 6) is -2.29. The van der Waals surface area contributed by atoms with Crippen molar-refractivity contribution in [1.29, 1.82) is 0 Å². The second kappa shape index (κ2) is 43.2. The Morgan fingerprint density at radius 3 is 1.42 bits per heavy atom. The highest BCUT2D eigenvalue weighted by molar-refractivity contribution is 5.70. The molecule has 0 aromatic carbocycles. The lowest BCUT2D eigenvalue weighted by Gasteiger charge is -2.26. The van der Waals surface area contributed by atoms with E-state index in [2.05, 4.69) is 50.3 Å². The van der Waals surface area contributed by atoms with E-state index in [-0.39, 0.29) is 32.2 Å². The molecule has 0 aliphatic heterocycles. The van der Waals surface area contributed by atoms with Crippen molar-refractivity contribution >= 4 is 17.9 Å². The Labute approximate surface area is 369 Å². The van der Waals surface area contributed by atoms with Crippen LogP contribution in [0.4, 0.5) is 0 Å². The summed E-state index contributed by atoms with van der Waals surface area (Å²) in [6.45, 7) is 4.64. The zero-order valence-corrected chi connectivity index (χ0v) is 39.6. The van der Waals surface area contributed by atoms with Gasteiger partial charge in [-0.2, -0.15) is 0 Å². The first-order valence-corrected chi connectivity index (χ1v) is 24.6. The topological polar surface area (TPSA) is 111 Å². The largest absolute Gasteiger partial charge is 0.545 e. The van der Waals surface area contributed by atoms with E-state index in [0.29, 0.717) is 23.9 Å². The minimum atomic E-state index is -1.62. The lowest BCUT2D eigenvalue weighted by Crippen LogP contribution is -2.44. The third kappa shape index (κ3) is 43.6. The quantitative estimate of drug-likeness (QED) is 0.0196. The lowest BCUT2D eigenvalue weighted by atomic mass is 10.0. The third-order valence-corrected chi connectivity index (χ3v) is 10.7. The van der Waals surface area contributed by atoms with Crippen molar-refractivity contribution in [1.82, 2.24) is 0 Å². The minimum Gasteiger partial charge on any atom is -0.545 e. The SMILES string of the molecule is CC/C=C\C/C=C\C/C=C\CCCCCCCCCC(=O)OC(COC(=O)CCCCCCCCCCCCCCCCCCCC)COC(OCC[N+](C)(C)C)C(=O)[O-]. The molecule has 9 heteroatoms. The highest BCUT2D eigenvalue weighted by atomic mass is 16.7. The van der Waals surface area contributed by atoms with Crippen molar-refractivity contribution in [3.05, 3.63) is 36.5 Å². The smallest absolute Gasteiger partial charge is 0.306 e. The Bertz CT molecular complexity index is 1080. The van der Waals surface area contributed by atoms with E-state index in [9.17, 15) is 19.5 Å². The van der Waals surface area contributed by atoms with Crippen LogP contribution in [0.5, 0.6) is 0 Å². The monoisotopic (exact) mass is 848 g/mol. The number of carboxylic acid groups (broad SMARTS) is 1. The highest BCUT2D eigenvalue weighted by Crippen LogP contribution is 2.16. The molecule has 0 saturated heterocycles. The molecule has 0 aliphatic carbocycles. The van der Waals surface area contributed by atoms with Gasteiger partial charge in [-0.05, 0) is 44.9 Å². The van der Waals surface area contributed by atoms with Crippen molar-refractivity contribution in [2.45, 2.75) is 225 Å². The second-order valence-electron chi connectivity index (χ2n) is 17.7. The van der Waals surface area contributed by atoms with E-state index in [1.54, 1.807) is 0 Å². The van der Waals surface area contributed by atoms with Gasteiger partial charge in [-0.1, -0.05) is 192 Å². The number of likely N-dealkylation sites (N-methyl/N-ethyl adjacent to an activating group) is 1. The van der Waals surface area contributed by atoms with E-state index in [1.807, 2.05) is 21.1 Å². The number of quaternary nitrogens is 1. The van der Waals surface area contributed by atoms with Gasteiger partial charge in [0, 0.05) is 12.8 Å². The molecule has 0 spiro atoms. The Hall–Kier alpha value is -2.49. The summed E-state index contributed by atoms with van der Waals surface area (Å²) in [7, 11) is 5.91. The van der Waals surface area contributed by atoms with Crippen molar-refractivity contribution in [3.8, 4) is 0 Å². The number of hydrogen-bond donors (Lipinski definition) is 0. The number of ether oxygens (including phenoxy) is 4. The molecule has 0 N–H and O–H groups in total. The first kappa shape index (κ1) is 57.5. The van der Waals surface area contributed by atoms with Crippen molar-refractivity contribution in [3.63, 3.8) is 0 Å². The van der Waals surface area contributed by atoms with E-state index < -0.39 is 24.3 Å². The molecular weight excluding hydrogens is 755 g/mol.